The number of para-hydroxylation sites is 1. The van der Waals surface area contributed by atoms with Crippen LogP contribution in [0.15, 0.2) is 33.5 Å². The summed E-state index contributed by atoms with van der Waals surface area (Å²) in [6, 6.07) is 7.08. The minimum absolute atomic E-state index is 0.00574. The molecule has 2 aromatic rings. The van der Waals surface area contributed by atoms with Gasteiger partial charge in [-0.1, -0.05) is 12.1 Å². The standard InChI is InChI=1S/C10H9NO3/c1-13-9-6-4-2-3-5-7(6)14-10(12)8(9)11/h2-5H,11H2,1H3. The molecule has 1 aromatic heterocycles. The van der Waals surface area contributed by atoms with Crippen molar-refractivity contribution in [2.45, 2.75) is 0 Å². The van der Waals surface area contributed by atoms with E-state index in [1.165, 1.54) is 7.11 Å². The number of ether oxygens (including phenoxy) is 1. The molecule has 0 unspecified atom stereocenters. The van der Waals surface area contributed by atoms with Gasteiger partial charge in [-0.2, -0.15) is 0 Å². The lowest BCUT2D eigenvalue weighted by Gasteiger charge is -2.05. The van der Waals surface area contributed by atoms with Crippen molar-refractivity contribution < 1.29 is 9.15 Å². The molecule has 1 heterocycles. The number of rotatable bonds is 1. The fraction of sp³-hybridized carbons (Fsp3) is 0.100. The Morgan fingerprint density at radius 3 is 2.79 bits per heavy atom. The van der Waals surface area contributed by atoms with Crippen LogP contribution in [0.1, 0.15) is 0 Å². The van der Waals surface area contributed by atoms with Gasteiger partial charge in [0.1, 0.15) is 5.58 Å². The lowest BCUT2D eigenvalue weighted by molar-refractivity contribution is 0.416. The zero-order chi connectivity index (χ0) is 10.1. The predicted octanol–water partition coefficient (Wildman–Crippen LogP) is 1.38. The smallest absolute Gasteiger partial charge is 0.363 e. The Balaban J connectivity index is 2.96. The number of nitrogen functional groups attached to an aromatic ring is 1. The summed E-state index contributed by atoms with van der Waals surface area (Å²) in [4.78, 5) is 11.2. The van der Waals surface area contributed by atoms with Gasteiger partial charge in [0.25, 0.3) is 0 Å². The maximum Gasteiger partial charge on any atom is 0.363 e. The third kappa shape index (κ3) is 1.12. The van der Waals surface area contributed by atoms with Gasteiger partial charge in [-0.3, -0.25) is 0 Å². The summed E-state index contributed by atoms with van der Waals surface area (Å²) in [5.41, 5.74) is 5.44. The van der Waals surface area contributed by atoms with Crippen molar-refractivity contribution in [1.29, 1.82) is 0 Å². The van der Waals surface area contributed by atoms with E-state index >= 15 is 0 Å². The second-order valence-electron chi connectivity index (χ2n) is 2.83. The Morgan fingerprint density at radius 2 is 2.07 bits per heavy atom. The third-order valence-corrected chi connectivity index (χ3v) is 2.00. The molecule has 0 saturated carbocycles. The van der Waals surface area contributed by atoms with Crippen molar-refractivity contribution in [3.8, 4) is 5.75 Å². The Labute approximate surface area is 79.9 Å². The van der Waals surface area contributed by atoms with Crippen LogP contribution in [0, 0.1) is 0 Å². The van der Waals surface area contributed by atoms with Gasteiger partial charge in [-0.05, 0) is 12.1 Å². The van der Waals surface area contributed by atoms with Gasteiger partial charge >= 0.3 is 5.63 Å². The average molecular weight is 191 g/mol. The number of fused-ring (bicyclic) bond motifs is 1. The van der Waals surface area contributed by atoms with Crippen molar-refractivity contribution in [2.75, 3.05) is 12.8 Å². The molecule has 0 atom stereocenters. The monoisotopic (exact) mass is 191 g/mol. The van der Waals surface area contributed by atoms with E-state index in [4.69, 9.17) is 14.9 Å². The van der Waals surface area contributed by atoms with Gasteiger partial charge in [0.2, 0.25) is 0 Å². The molecule has 0 aliphatic carbocycles. The van der Waals surface area contributed by atoms with E-state index in [9.17, 15) is 4.79 Å². The van der Waals surface area contributed by atoms with Gasteiger partial charge in [0.05, 0.1) is 12.5 Å². The Bertz CT molecular complexity index is 530. The van der Waals surface area contributed by atoms with E-state index in [1.54, 1.807) is 18.2 Å². The molecule has 4 nitrogen and oxygen atoms in total. The zero-order valence-corrected chi connectivity index (χ0v) is 7.61. The highest BCUT2D eigenvalue weighted by Crippen LogP contribution is 2.28. The second kappa shape index (κ2) is 3.06. The molecule has 72 valence electrons. The molecule has 2 N–H and O–H groups in total. The molecule has 0 fully saturated rings. The predicted molar refractivity (Wildman–Crippen MR) is 53.4 cm³/mol. The molecular formula is C10H9NO3. The van der Waals surface area contributed by atoms with Crippen LogP contribution in [0.5, 0.6) is 5.75 Å². The summed E-state index contributed by atoms with van der Waals surface area (Å²) in [5.74, 6) is 0.372. The summed E-state index contributed by atoms with van der Waals surface area (Å²) in [6.07, 6.45) is 0. The Morgan fingerprint density at radius 1 is 1.36 bits per heavy atom. The van der Waals surface area contributed by atoms with Crippen molar-refractivity contribution in [3.63, 3.8) is 0 Å². The minimum Gasteiger partial charge on any atom is -0.494 e. The van der Waals surface area contributed by atoms with Gasteiger partial charge in [0.15, 0.2) is 11.4 Å². The molecule has 0 aliphatic heterocycles. The lowest BCUT2D eigenvalue weighted by atomic mass is 10.2. The highest BCUT2D eigenvalue weighted by molar-refractivity contribution is 5.87. The highest BCUT2D eigenvalue weighted by Gasteiger charge is 2.10. The van der Waals surface area contributed by atoms with Crippen LogP contribution < -0.4 is 16.1 Å². The first-order valence-corrected chi connectivity index (χ1v) is 4.09. The molecule has 0 radical (unpaired) electrons. The van der Waals surface area contributed by atoms with Crippen molar-refractivity contribution in [3.05, 3.63) is 34.7 Å². The van der Waals surface area contributed by atoms with Gasteiger partial charge in [-0.15, -0.1) is 0 Å². The van der Waals surface area contributed by atoms with Gasteiger partial charge in [-0.25, -0.2) is 4.79 Å². The second-order valence-corrected chi connectivity index (χ2v) is 2.83. The molecule has 1 aromatic carbocycles. The summed E-state index contributed by atoms with van der Waals surface area (Å²) in [5, 5.41) is 0.701. The van der Waals surface area contributed by atoms with Crippen LogP contribution in [0.4, 0.5) is 5.69 Å². The Kier molecular flexibility index (Phi) is 1.89. The molecule has 0 saturated heterocycles. The highest BCUT2D eigenvalue weighted by atomic mass is 16.5. The molecule has 4 heteroatoms. The fourth-order valence-electron chi connectivity index (χ4n) is 1.36. The van der Waals surface area contributed by atoms with E-state index in [0.717, 1.165) is 0 Å². The van der Waals surface area contributed by atoms with Crippen molar-refractivity contribution in [1.82, 2.24) is 0 Å². The van der Waals surface area contributed by atoms with Crippen molar-refractivity contribution in [2.24, 2.45) is 0 Å². The van der Waals surface area contributed by atoms with E-state index in [2.05, 4.69) is 0 Å². The number of benzene rings is 1. The largest absolute Gasteiger partial charge is 0.494 e. The topological polar surface area (TPSA) is 65.5 Å². The van der Waals surface area contributed by atoms with E-state index in [-0.39, 0.29) is 5.69 Å². The van der Waals surface area contributed by atoms with Crippen molar-refractivity contribution >= 4 is 16.7 Å². The lowest BCUT2D eigenvalue weighted by Crippen LogP contribution is -2.08. The summed E-state index contributed by atoms with van der Waals surface area (Å²) >= 11 is 0. The first kappa shape index (κ1) is 8.62. The Hall–Kier alpha value is -1.97. The first-order chi connectivity index (χ1) is 6.74. The molecule has 0 aliphatic rings. The number of hydrogen-bond donors (Lipinski definition) is 1. The third-order valence-electron chi connectivity index (χ3n) is 2.00. The number of anilines is 1. The van der Waals surface area contributed by atoms with Crippen LogP contribution in [0.25, 0.3) is 11.0 Å². The number of methoxy groups -OCH3 is 1. The van der Waals surface area contributed by atoms with Gasteiger partial charge in [0, 0.05) is 0 Å². The number of hydrogen-bond acceptors (Lipinski definition) is 4. The van der Waals surface area contributed by atoms with Crippen LogP contribution in [-0.2, 0) is 0 Å². The van der Waals surface area contributed by atoms with E-state index < -0.39 is 5.63 Å². The fourth-order valence-corrected chi connectivity index (χ4v) is 1.36. The summed E-state index contributed by atoms with van der Waals surface area (Å²) < 4.78 is 10.0. The average Bonchev–Trinajstić information content (AvgIpc) is 2.20. The number of nitrogens with two attached hydrogens (primary N) is 1. The molecule has 0 spiro atoms. The van der Waals surface area contributed by atoms with E-state index in [0.29, 0.717) is 16.7 Å². The van der Waals surface area contributed by atoms with Gasteiger partial charge < -0.3 is 14.9 Å². The molecule has 14 heavy (non-hydrogen) atoms. The minimum atomic E-state index is -0.569. The maximum absolute atomic E-state index is 11.2. The van der Waals surface area contributed by atoms with E-state index in [1.807, 2.05) is 6.07 Å². The first-order valence-electron chi connectivity index (χ1n) is 4.09. The van der Waals surface area contributed by atoms with Crippen LogP contribution in [-0.4, -0.2) is 7.11 Å². The molecule has 0 bridgehead atoms. The molecule has 0 amide bonds. The summed E-state index contributed by atoms with van der Waals surface area (Å²) in [6.45, 7) is 0. The summed E-state index contributed by atoms with van der Waals surface area (Å²) in [7, 11) is 1.47. The van der Waals surface area contributed by atoms with Crippen LogP contribution >= 0.6 is 0 Å². The SMILES string of the molecule is COc1c(N)c(=O)oc2ccccc12. The quantitative estimate of drug-likeness (QED) is 0.691. The molecule has 2 rings (SSSR count). The zero-order valence-electron chi connectivity index (χ0n) is 7.61. The van der Waals surface area contributed by atoms with Crippen LogP contribution in [0.3, 0.4) is 0 Å². The normalized spacial score (nSPS) is 10.4. The van der Waals surface area contributed by atoms with Crippen LogP contribution in [0.2, 0.25) is 0 Å². The maximum atomic E-state index is 11.2. The molecular weight excluding hydrogens is 182 g/mol.